The maximum atomic E-state index is 6.61. The number of fused-ring (bicyclic) bond motifs is 10. The number of rotatable bonds is 4. The summed E-state index contributed by atoms with van der Waals surface area (Å²) in [4.78, 5) is 5.33. The van der Waals surface area contributed by atoms with Crippen molar-refractivity contribution in [2.45, 2.75) is 19.3 Å². The first-order valence-corrected chi connectivity index (χ1v) is 19.3. The fourth-order valence-electron chi connectivity index (χ4n) is 9.49. The zero-order valence-corrected chi connectivity index (χ0v) is 31.0. The Morgan fingerprint density at radius 3 is 2.05 bits per heavy atom. The average Bonchev–Trinajstić information content (AvgIpc) is 3.97. The first-order chi connectivity index (χ1) is 27.5. The molecular formula is C52H35N3O. The Hall–Kier alpha value is -7.17. The molecule has 0 unspecified atom stereocenters. The van der Waals surface area contributed by atoms with Crippen LogP contribution in [0.3, 0.4) is 0 Å². The maximum Gasteiger partial charge on any atom is 0.145 e. The first-order valence-electron chi connectivity index (χ1n) is 19.3. The van der Waals surface area contributed by atoms with E-state index in [2.05, 4.69) is 199 Å². The van der Waals surface area contributed by atoms with Crippen molar-refractivity contribution < 1.29 is 4.42 Å². The highest BCUT2D eigenvalue weighted by Crippen LogP contribution is 2.50. The molecule has 8 aromatic carbocycles. The summed E-state index contributed by atoms with van der Waals surface area (Å²) in [5.41, 5.74) is 16.9. The monoisotopic (exact) mass is 717 g/mol. The van der Waals surface area contributed by atoms with Crippen molar-refractivity contribution >= 4 is 54.8 Å². The van der Waals surface area contributed by atoms with Gasteiger partial charge in [-0.25, -0.2) is 4.98 Å². The lowest BCUT2D eigenvalue weighted by atomic mass is 9.82. The summed E-state index contributed by atoms with van der Waals surface area (Å²) >= 11 is 0. The van der Waals surface area contributed by atoms with E-state index in [1.165, 1.54) is 44.1 Å². The van der Waals surface area contributed by atoms with E-state index in [0.29, 0.717) is 0 Å². The first kappa shape index (κ1) is 31.2. The van der Waals surface area contributed by atoms with E-state index in [4.69, 9.17) is 9.40 Å². The summed E-state index contributed by atoms with van der Waals surface area (Å²) in [5.74, 6) is 0.916. The standard InChI is InChI=1S/C52H35N3O/c1-52(2)41-17-8-6-15-36(41)37-26-23-34(31-42(37)52)51-53-43-18-9-11-20-46(43)55(51)47-21-12-22-49-50(47)40-30-33(25-28-48(40)56-49)32-24-27-45-39(29-32)38-16-7-10-19-44(38)54(45)35-13-4-3-5-14-35/h3-31H,1-2H3. The summed E-state index contributed by atoms with van der Waals surface area (Å²) in [5, 5.41) is 4.62. The summed E-state index contributed by atoms with van der Waals surface area (Å²) < 4.78 is 11.3. The lowest BCUT2D eigenvalue weighted by molar-refractivity contribution is 0.660. The van der Waals surface area contributed by atoms with Crippen LogP contribution in [-0.4, -0.2) is 14.1 Å². The van der Waals surface area contributed by atoms with Gasteiger partial charge in [-0.05, 0) is 106 Å². The highest BCUT2D eigenvalue weighted by molar-refractivity contribution is 6.13. The number of para-hydroxylation sites is 4. The zero-order valence-electron chi connectivity index (χ0n) is 31.0. The van der Waals surface area contributed by atoms with Gasteiger partial charge in [0, 0.05) is 32.8 Å². The minimum atomic E-state index is -0.116. The SMILES string of the molecule is CC1(C)c2ccccc2-c2ccc(-c3nc4ccccc4n3-c3cccc4oc5ccc(-c6ccc7c(c6)c6ccccc6n7-c6ccccc6)cc5c34)cc21. The Bertz CT molecular complexity index is 3400. The summed E-state index contributed by atoms with van der Waals surface area (Å²) in [6.45, 7) is 4.67. The topological polar surface area (TPSA) is 35.9 Å². The molecule has 4 heteroatoms. The lowest BCUT2D eigenvalue weighted by Crippen LogP contribution is -2.15. The molecule has 3 aromatic heterocycles. The Morgan fingerprint density at radius 1 is 0.464 bits per heavy atom. The predicted octanol–water partition coefficient (Wildman–Crippen LogP) is 13.7. The second-order valence-corrected chi connectivity index (χ2v) is 15.6. The fraction of sp³-hybridized carbons (Fsp3) is 0.0577. The molecule has 0 saturated carbocycles. The van der Waals surface area contributed by atoms with E-state index in [-0.39, 0.29) is 5.41 Å². The summed E-state index contributed by atoms with van der Waals surface area (Å²) in [7, 11) is 0. The van der Waals surface area contributed by atoms with Gasteiger partial charge in [-0.15, -0.1) is 0 Å². The number of aromatic nitrogens is 3. The second-order valence-electron chi connectivity index (χ2n) is 15.6. The molecule has 12 rings (SSSR count). The third kappa shape index (κ3) is 4.32. The number of nitrogens with zero attached hydrogens (tertiary/aromatic N) is 3. The van der Waals surface area contributed by atoms with Crippen molar-refractivity contribution in [3.05, 3.63) is 187 Å². The number of hydrogen-bond donors (Lipinski definition) is 0. The van der Waals surface area contributed by atoms with Crippen molar-refractivity contribution in [3.8, 4) is 45.0 Å². The van der Waals surface area contributed by atoms with Crippen LogP contribution in [0.1, 0.15) is 25.0 Å². The molecule has 0 aliphatic heterocycles. The molecule has 264 valence electrons. The summed E-state index contributed by atoms with van der Waals surface area (Å²) in [6, 6.07) is 63.3. The third-order valence-corrected chi connectivity index (χ3v) is 12.1. The normalized spacial score (nSPS) is 13.3. The van der Waals surface area contributed by atoms with Crippen molar-refractivity contribution in [1.29, 1.82) is 0 Å². The molecule has 0 atom stereocenters. The molecule has 0 fully saturated rings. The molecule has 56 heavy (non-hydrogen) atoms. The number of imidazole rings is 1. The molecule has 0 radical (unpaired) electrons. The van der Waals surface area contributed by atoms with Crippen LogP contribution < -0.4 is 0 Å². The molecule has 0 saturated heterocycles. The highest BCUT2D eigenvalue weighted by Gasteiger charge is 2.35. The van der Waals surface area contributed by atoms with E-state index >= 15 is 0 Å². The van der Waals surface area contributed by atoms with Gasteiger partial charge >= 0.3 is 0 Å². The molecule has 0 spiro atoms. The third-order valence-electron chi connectivity index (χ3n) is 12.1. The predicted molar refractivity (Wildman–Crippen MR) is 231 cm³/mol. The number of hydrogen-bond acceptors (Lipinski definition) is 2. The highest BCUT2D eigenvalue weighted by atomic mass is 16.3. The Kier molecular flexibility index (Phi) is 6.37. The van der Waals surface area contributed by atoms with Crippen molar-refractivity contribution in [2.75, 3.05) is 0 Å². The minimum Gasteiger partial charge on any atom is -0.456 e. The van der Waals surface area contributed by atoms with E-state index in [9.17, 15) is 0 Å². The van der Waals surface area contributed by atoms with Gasteiger partial charge in [-0.2, -0.15) is 0 Å². The van der Waals surface area contributed by atoms with Gasteiger partial charge in [-0.3, -0.25) is 4.57 Å². The summed E-state index contributed by atoms with van der Waals surface area (Å²) in [6.07, 6.45) is 0. The number of benzene rings is 8. The molecule has 0 N–H and O–H groups in total. The lowest BCUT2D eigenvalue weighted by Gasteiger charge is -2.22. The van der Waals surface area contributed by atoms with Gasteiger partial charge in [0.15, 0.2) is 0 Å². The van der Waals surface area contributed by atoms with Gasteiger partial charge in [-0.1, -0.05) is 117 Å². The molecule has 1 aliphatic rings. The van der Waals surface area contributed by atoms with Crippen LogP contribution in [0.25, 0.3) is 99.8 Å². The zero-order chi connectivity index (χ0) is 37.1. The van der Waals surface area contributed by atoms with Crippen LogP contribution in [0.2, 0.25) is 0 Å². The average molecular weight is 718 g/mol. The van der Waals surface area contributed by atoms with Crippen LogP contribution in [0.5, 0.6) is 0 Å². The van der Waals surface area contributed by atoms with Crippen LogP contribution in [-0.2, 0) is 5.41 Å². The van der Waals surface area contributed by atoms with Crippen molar-refractivity contribution in [2.24, 2.45) is 0 Å². The Morgan fingerprint density at radius 2 is 1.16 bits per heavy atom. The van der Waals surface area contributed by atoms with Crippen LogP contribution >= 0.6 is 0 Å². The molecular weight excluding hydrogens is 683 g/mol. The maximum absolute atomic E-state index is 6.61. The Labute approximate surface area is 323 Å². The van der Waals surface area contributed by atoms with Gasteiger partial charge in [0.2, 0.25) is 0 Å². The quantitative estimate of drug-likeness (QED) is 0.182. The molecule has 0 amide bonds. The molecule has 3 heterocycles. The van der Waals surface area contributed by atoms with Crippen LogP contribution in [0.15, 0.2) is 180 Å². The van der Waals surface area contributed by atoms with Crippen molar-refractivity contribution in [1.82, 2.24) is 14.1 Å². The van der Waals surface area contributed by atoms with E-state index in [0.717, 1.165) is 66.9 Å². The van der Waals surface area contributed by atoms with E-state index in [1.807, 2.05) is 0 Å². The molecule has 11 aromatic rings. The van der Waals surface area contributed by atoms with Gasteiger partial charge in [0.25, 0.3) is 0 Å². The minimum absolute atomic E-state index is 0.116. The molecule has 0 bridgehead atoms. The van der Waals surface area contributed by atoms with Gasteiger partial charge in [0.1, 0.15) is 17.0 Å². The van der Waals surface area contributed by atoms with E-state index < -0.39 is 0 Å². The van der Waals surface area contributed by atoms with Gasteiger partial charge < -0.3 is 8.98 Å². The smallest absolute Gasteiger partial charge is 0.145 e. The Balaban J connectivity index is 1.05. The largest absolute Gasteiger partial charge is 0.456 e. The van der Waals surface area contributed by atoms with Crippen molar-refractivity contribution in [3.63, 3.8) is 0 Å². The van der Waals surface area contributed by atoms with Crippen LogP contribution in [0.4, 0.5) is 0 Å². The van der Waals surface area contributed by atoms with E-state index in [1.54, 1.807) is 0 Å². The number of furan rings is 1. The second kappa shape index (κ2) is 11.4. The fourth-order valence-corrected chi connectivity index (χ4v) is 9.49. The molecule has 1 aliphatic carbocycles. The van der Waals surface area contributed by atoms with Crippen LogP contribution in [0, 0.1) is 0 Å². The molecule has 4 nitrogen and oxygen atoms in total. The van der Waals surface area contributed by atoms with Gasteiger partial charge in [0.05, 0.1) is 33.1 Å².